The van der Waals surface area contributed by atoms with Crippen LogP contribution in [0.5, 0.6) is 5.75 Å². The quantitative estimate of drug-likeness (QED) is 0.215. The Balaban J connectivity index is 2.42. The zero-order chi connectivity index (χ0) is 23.2. The number of rotatable bonds is 15. The molecule has 0 bridgehead atoms. The molecule has 0 atom stereocenters. The van der Waals surface area contributed by atoms with Gasteiger partial charge in [0.2, 0.25) is 0 Å². The Morgan fingerprint density at radius 1 is 0.812 bits per heavy atom. The molecule has 32 heavy (non-hydrogen) atoms. The third-order valence-corrected chi connectivity index (χ3v) is 21.7. The van der Waals surface area contributed by atoms with E-state index in [4.69, 9.17) is 4.74 Å². The predicted molar refractivity (Wildman–Crippen MR) is 139 cm³/mol. The number of carbonyl (C=O) groups is 1. The summed E-state index contributed by atoms with van der Waals surface area (Å²) < 4.78 is 10.8. The van der Waals surface area contributed by atoms with Gasteiger partial charge in [0.25, 0.3) is 0 Å². The van der Waals surface area contributed by atoms with Gasteiger partial charge in [-0.05, 0) is 0 Å². The molecule has 2 aromatic carbocycles. The number of ether oxygens (including phenoxy) is 1. The van der Waals surface area contributed by atoms with Crippen LogP contribution in [0, 0.1) is 0 Å². The van der Waals surface area contributed by atoms with Gasteiger partial charge in [0, 0.05) is 0 Å². The van der Waals surface area contributed by atoms with Gasteiger partial charge >= 0.3 is 201 Å². The summed E-state index contributed by atoms with van der Waals surface area (Å²) in [7, 11) is 1.65. The molecule has 0 radical (unpaired) electrons. The van der Waals surface area contributed by atoms with Crippen molar-refractivity contribution in [3.8, 4) is 5.75 Å². The van der Waals surface area contributed by atoms with Crippen molar-refractivity contribution < 1.29 is 9.53 Å². The van der Waals surface area contributed by atoms with E-state index in [2.05, 4.69) is 49.9 Å². The van der Waals surface area contributed by atoms with E-state index in [1.165, 1.54) is 57.4 Å². The second kappa shape index (κ2) is 14.6. The number of benzene rings is 2. The van der Waals surface area contributed by atoms with Crippen molar-refractivity contribution in [2.45, 2.75) is 79.2 Å². The Morgan fingerprint density at radius 2 is 1.34 bits per heavy atom. The van der Waals surface area contributed by atoms with Crippen molar-refractivity contribution in [2.24, 2.45) is 0 Å². The summed E-state index contributed by atoms with van der Waals surface area (Å²) in [6.07, 6.45) is 7.67. The molecule has 176 valence electrons. The summed E-state index contributed by atoms with van der Waals surface area (Å²) in [6, 6.07) is 18.2. The molecular weight excluding hydrogens is 501 g/mol. The fraction of sp³-hybridized carbons (Fsp3) is 0.536. The summed E-state index contributed by atoms with van der Waals surface area (Å²) >= 11 is -2.56. The first-order valence-corrected chi connectivity index (χ1v) is 20.6. The zero-order valence-electron chi connectivity index (χ0n) is 20.7. The number of para-hydroxylation sites is 1. The average molecular weight is 544 g/mol. The Morgan fingerprint density at radius 3 is 1.88 bits per heavy atom. The minimum atomic E-state index is -2.56. The van der Waals surface area contributed by atoms with Gasteiger partial charge in [-0.15, -0.1) is 0 Å². The first-order valence-electron chi connectivity index (χ1n) is 12.5. The monoisotopic (exact) mass is 545 g/mol. The molecule has 2 aromatic rings. The van der Waals surface area contributed by atoms with Gasteiger partial charge in [-0.3, -0.25) is 0 Å². The summed E-state index contributed by atoms with van der Waals surface area (Å²) in [6.45, 7) is 7.59. The molecular formula is C28H43NO2Sn. The van der Waals surface area contributed by atoms with E-state index >= 15 is 0 Å². The summed E-state index contributed by atoms with van der Waals surface area (Å²) in [5, 5.41) is 0. The fourth-order valence-electron chi connectivity index (χ4n) is 4.67. The Labute approximate surface area is 200 Å². The molecule has 0 fully saturated rings. The molecule has 1 amide bonds. The zero-order valence-corrected chi connectivity index (χ0v) is 23.6. The standard InChI is InChI=1S/C16H16NO2.3C4H9.Sn/c1-17(12-13-8-4-3-5-9-13)16(18)14-10-6-7-11-15(14)19-2;3*1-3-4-2;/h3-11H,1,12H2,2H3;3*1,3-4H2,2H3;. The second-order valence-corrected chi connectivity index (χ2v) is 22.9. The maximum atomic E-state index is 13.9. The number of amides is 1. The van der Waals surface area contributed by atoms with Crippen LogP contribution in [0.4, 0.5) is 0 Å². The number of nitrogens with zero attached hydrogens (tertiary/aromatic N) is 1. The second-order valence-electron chi connectivity index (χ2n) is 9.16. The molecule has 2 rings (SSSR count). The van der Waals surface area contributed by atoms with Crippen molar-refractivity contribution in [1.29, 1.82) is 0 Å². The van der Waals surface area contributed by atoms with Crippen LogP contribution in [0.3, 0.4) is 0 Å². The number of methoxy groups -OCH3 is 1. The third-order valence-electron chi connectivity index (χ3n) is 6.55. The maximum absolute atomic E-state index is 13.9. The predicted octanol–water partition coefficient (Wildman–Crippen LogP) is 7.73. The molecule has 3 nitrogen and oxygen atoms in total. The van der Waals surface area contributed by atoms with Crippen LogP contribution in [-0.4, -0.2) is 40.9 Å². The topological polar surface area (TPSA) is 29.5 Å². The molecule has 0 aliphatic rings. The van der Waals surface area contributed by atoms with Crippen molar-refractivity contribution in [3.05, 3.63) is 65.7 Å². The average Bonchev–Trinajstić information content (AvgIpc) is 2.84. The molecule has 0 aliphatic carbocycles. The van der Waals surface area contributed by atoms with E-state index in [-0.39, 0.29) is 5.91 Å². The molecule has 0 spiro atoms. The molecule has 0 N–H and O–H groups in total. The van der Waals surface area contributed by atoms with E-state index in [1.54, 1.807) is 7.11 Å². The molecule has 0 aliphatic heterocycles. The Bertz CT molecular complexity index is 771. The molecule has 0 saturated heterocycles. The van der Waals surface area contributed by atoms with Crippen LogP contribution in [-0.2, 0) is 6.54 Å². The molecule has 4 heteroatoms. The SMILES string of the molecule is CCC[CH2][Sn]([CH2]CCC)([CH2]CCC)[CH2]N(Cc1ccccc1)C(=O)c1ccccc1OC. The summed E-state index contributed by atoms with van der Waals surface area (Å²) in [5.41, 5.74) is 1.89. The van der Waals surface area contributed by atoms with E-state index in [1.807, 2.05) is 30.3 Å². The van der Waals surface area contributed by atoms with Gasteiger partial charge in [-0.25, -0.2) is 0 Å². The van der Waals surface area contributed by atoms with E-state index in [0.29, 0.717) is 17.9 Å². The van der Waals surface area contributed by atoms with Gasteiger partial charge in [0.1, 0.15) is 0 Å². The van der Waals surface area contributed by atoms with E-state index in [9.17, 15) is 4.79 Å². The van der Waals surface area contributed by atoms with Crippen molar-refractivity contribution in [2.75, 3.05) is 11.7 Å². The van der Waals surface area contributed by atoms with Crippen molar-refractivity contribution in [1.82, 2.24) is 4.90 Å². The summed E-state index contributed by atoms with van der Waals surface area (Å²) in [4.78, 5) is 16.1. The number of carbonyl (C=O) groups excluding carboxylic acids is 1. The van der Waals surface area contributed by atoms with Crippen LogP contribution in [0.15, 0.2) is 54.6 Å². The molecule has 0 unspecified atom stereocenters. The summed E-state index contributed by atoms with van der Waals surface area (Å²) in [5.74, 6) is 0.795. The fourth-order valence-corrected chi connectivity index (χ4v) is 20.7. The number of hydrogen-bond donors (Lipinski definition) is 0. The van der Waals surface area contributed by atoms with Gasteiger partial charge < -0.3 is 0 Å². The van der Waals surface area contributed by atoms with Gasteiger partial charge in [-0.2, -0.15) is 0 Å². The van der Waals surface area contributed by atoms with Gasteiger partial charge in [0.15, 0.2) is 0 Å². The Kier molecular flexibility index (Phi) is 12.2. The van der Waals surface area contributed by atoms with Crippen molar-refractivity contribution >= 4 is 24.3 Å². The van der Waals surface area contributed by atoms with E-state index in [0.717, 1.165) is 4.56 Å². The normalized spacial score (nSPS) is 11.4. The van der Waals surface area contributed by atoms with Crippen LogP contribution < -0.4 is 4.74 Å². The first kappa shape index (κ1) is 26.8. The number of unbranched alkanes of at least 4 members (excludes halogenated alkanes) is 3. The Hall–Kier alpha value is -1.49. The van der Waals surface area contributed by atoms with Crippen LogP contribution in [0.25, 0.3) is 0 Å². The van der Waals surface area contributed by atoms with Gasteiger partial charge in [0.05, 0.1) is 0 Å². The van der Waals surface area contributed by atoms with E-state index < -0.39 is 18.4 Å². The minimum absolute atomic E-state index is 0.122. The van der Waals surface area contributed by atoms with Gasteiger partial charge in [-0.1, -0.05) is 0 Å². The number of hydrogen-bond acceptors (Lipinski definition) is 2. The third kappa shape index (κ3) is 8.13. The molecule has 0 aromatic heterocycles. The molecule has 0 saturated carbocycles. The molecule has 0 heterocycles. The van der Waals surface area contributed by atoms with Crippen LogP contribution in [0.2, 0.25) is 13.3 Å². The van der Waals surface area contributed by atoms with Crippen LogP contribution >= 0.6 is 0 Å². The van der Waals surface area contributed by atoms with Crippen molar-refractivity contribution in [3.63, 3.8) is 0 Å². The van der Waals surface area contributed by atoms with Crippen LogP contribution in [0.1, 0.15) is 75.2 Å². The first-order chi connectivity index (χ1) is 15.6.